The van der Waals surface area contributed by atoms with Gasteiger partial charge in [0.05, 0.1) is 5.60 Å². The molecule has 0 fully saturated rings. The molecule has 0 aliphatic carbocycles. The van der Waals surface area contributed by atoms with Crippen molar-refractivity contribution in [2.24, 2.45) is 5.84 Å². The number of benzene rings is 1. The van der Waals surface area contributed by atoms with Crippen LogP contribution in [0.3, 0.4) is 0 Å². The van der Waals surface area contributed by atoms with Crippen molar-refractivity contribution in [3.05, 3.63) is 29.8 Å². The summed E-state index contributed by atoms with van der Waals surface area (Å²) in [4.78, 5) is 0. The van der Waals surface area contributed by atoms with Crippen molar-refractivity contribution in [2.45, 2.75) is 44.7 Å². The van der Waals surface area contributed by atoms with Gasteiger partial charge in [0.2, 0.25) is 0 Å². The molecule has 0 radical (unpaired) electrons. The summed E-state index contributed by atoms with van der Waals surface area (Å²) in [5, 5.41) is 0. The quantitative estimate of drug-likeness (QED) is 0.601. The summed E-state index contributed by atoms with van der Waals surface area (Å²) in [7, 11) is 1.62. The van der Waals surface area contributed by atoms with Crippen LogP contribution < -0.4 is 16.0 Å². The molecule has 1 rings (SSSR count). The van der Waals surface area contributed by atoms with Gasteiger partial charge in [0, 0.05) is 13.2 Å². The van der Waals surface area contributed by atoms with Crippen LogP contribution in [0.25, 0.3) is 0 Å². The van der Waals surface area contributed by atoms with E-state index in [0.717, 1.165) is 5.56 Å². The van der Waals surface area contributed by atoms with Crippen molar-refractivity contribution in [3.63, 3.8) is 0 Å². The van der Waals surface area contributed by atoms with Crippen LogP contribution in [0.15, 0.2) is 24.3 Å². The number of methoxy groups -OCH3 is 1. The first-order valence-corrected chi connectivity index (χ1v) is 6.51. The van der Waals surface area contributed by atoms with Gasteiger partial charge in [-0.25, -0.2) is 0 Å². The third-order valence-electron chi connectivity index (χ3n) is 3.17. The van der Waals surface area contributed by atoms with Crippen molar-refractivity contribution >= 4 is 0 Å². The maximum Gasteiger partial charge on any atom is 0.573 e. The Kier molecular flexibility index (Phi) is 6.00. The second-order valence-corrected chi connectivity index (χ2v) is 5.43. The van der Waals surface area contributed by atoms with Gasteiger partial charge in [0.15, 0.2) is 0 Å². The predicted octanol–water partition coefficient (Wildman–Crippen LogP) is 2.77. The molecule has 120 valence electrons. The van der Waals surface area contributed by atoms with Crippen LogP contribution in [-0.2, 0) is 11.2 Å². The molecule has 1 aromatic carbocycles. The van der Waals surface area contributed by atoms with Crippen molar-refractivity contribution in [3.8, 4) is 5.75 Å². The molecule has 0 heterocycles. The number of halogens is 3. The van der Waals surface area contributed by atoms with Gasteiger partial charge < -0.3 is 9.47 Å². The SMILES string of the molecule is COC(C)(C)CC(Cc1ccc(OC(F)(F)F)cc1)NN. The van der Waals surface area contributed by atoms with Crippen molar-refractivity contribution < 1.29 is 22.6 Å². The molecule has 1 atom stereocenters. The lowest BCUT2D eigenvalue weighted by molar-refractivity contribution is -0.274. The van der Waals surface area contributed by atoms with E-state index in [4.69, 9.17) is 10.6 Å². The van der Waals surface area contributed by atoms with Gasteiger partial charge in [-0.3, -0.25) is 11.3 Å². The molecular formula is C14H21F3N2O2. The molecule has 0 aliphatic heterocycles. The minimum Gasteiger partial charge on any atom is -0.406 e. The lowest BCUT2D eigenvalue weighted by atomic mass is 9.94. The number of rotatable bonds is 7. The van der Waals surface area contributed by atoms with E-state index in [2.05, 4.69) is 10.2 Å². The fourth-order valence-electron chi connectivity index (χ4n) is 1.98. The van der Waals surface area contributed by atoms with Gasteiger partial charge in [0.1, 0.15) is 5.75 Å². The first kappa shape index (κ1) is 17.7. The standard InChI is InChI=1S/C14H21F3N2O2/c1-13(2,20-3)9-11(19-18)8-10-4-6-12(7-5-10)21-14(15,16)17/h4-7,11,19H,8-9,18H2,1-3H3. The Morgan fingerprint density at radius 2 is 1.76 bits per heavy atom. The van der Waals surface area contributed by atoms with E-state index in [9.17, 15) is 13.2 Å². The zero-order valence-corrected chi connectivity index (χ0v) is 12.3. The maximum absolute atomic E-state index is 12.1. The summed E-state index contributed by atoms with van der Waals surface area (Å²) in [6.45, 7) is 3.88. The molecule has 21 heavy (non-hydrogen) atoms. The Bertz CT molecular complexity index is 433. The maximum atomic E-state index is 12.1. The summed E-state index contributed by atoms with van der Waals surface area (Å²) >= 11 is 0. The zero-order chi connectivity index (χ0) is 16.1. The molecule has 0 saturated heterocycles. The molecular weight excluding hydrogens is 285 g/mol. The normalized spacial score (nSPS) is 14.0. The Morgan fingerprint density at radius 3 is 2.19 bits per heavy atom. The van der Waals surface area contributed by atoms with E-state index in [1.807, 2.05) is 13.8 Å². The minimum absolute atomic E-state index is 0.0469. The summed E-state index contributed by atoms with van der Waals surface area (Å²) in [6.07, 6.45) is -3.43. The zero-order valence-electron chi connectivity index (χ0n) is 12.3. The van der Waals surface area contributed by atoms with Crippen LogP contribution in [0.4, 0.5) is 13.2 Å². The Labute approximate surface area is 122 Å². The van der Waals surface area contributed by atoms with Crippen LogP contribution >= 0.6 is 0 Å². The second-order valence-electron chi connectivity index (χ2n) is 5.43. The smallest absolute Gasteiger partial charge is 0.406 e. The highest BCUT2D eigenvalue weighted by Crippen LogP contribution is 2.24. The van der Waals surface area contributed by atoms with E-state index in [1.54, 1.807) is 19.2 Å². The molecule has 0 spiro atoms. The van der Waals surface area contributed by atoms with E-state index in [1.165, 1.54) is 12.1 Å². The lowest BCUT2D eigenvalue weighted by Gasteiger charge is -2.28. The minimum atomic E-state index is -4.68. The molecule has 4 nitrogen and oxygen atoms in total. The van der Waals surface area contributed by atoms with E-state index in [-0.39, 0.29) is 17.4 Å². The van der Waals surface area contributed by atoms with Gasteiger partial charge in [-0.05, 0) is 44.4 Å². The summed E-state index contributed by atoms with van der Waals surface area (Å²) in [5.41, 5.74) is 3.23. The Hall–Kier alpha value is -1.31. The highest BCUT2D eigenvalue weighted by molar-refractivity contribution is 5.28. The third kappa shape index (κ3) is 6.79. The van der Waals surface area contributed by atoms with Gasteiger partial charge in [-0.1, -0.05) is 12.1 Å². The Balaban J connectivity index is 2.65. The van der Waals surface area contributed by atoms with Crippen LogP contribution in [0.2, 0.25) is 0 Å². The summed E-state index contributed by atoms with van der Waals surface area (Å²) in [6, 6.07) is 5.71. The van der Waals surface area contributed by atoms with E-state index in [0.29, 0.717) is 12.8 Å². The summed E-state index contributed by atoms with van der Waals surface area (Å²) in [5.74, 6) is 5.28. The number of ether oxygens (including phenoxy) is 2. The molecule has 0 aromatic heterocycles. The van der Waals surface area contributed by atoms with Crippen LogP contribution in [0.5, 0.6) is 5.75 Å². The molecule has 1 unspecified atom stereocenters. The van der Waals surface area contributed by atoms with E-state index < -0.39 is 6.36 Å². The molecule has 0 saturated carbocycles. The predicted molar refractivity (Wildman–Crippen MR) is 73.6 cm³/mol. The van der Waals surface area contributed by atoms with Crippen LogP contribution in [0.1, 0.15) is 25.8 Å². The van der Waals surface area contributed by atoms with Crippen LogP contribution in [0, 0.1) is 0 Å². The number of nitrogens with one attached hydrogen (secondary N) is 1. The van der Waals surface area contributed by atoms with Gasteiger partial charge in [-0.15, -0.1) is 13.2 Å². The van der Waals surface area contributed by atoms with Gasteiger partial charge in [-0.2, -0.15) is 0 Å². The Morgan fingerprint density at radius 1 is 1.19 bits per heavy atom. The number of nitrogens with two attached hydrogens (primary N) is 1. The fraction of sp³-hybridized carbons (Fsp3) is 0.571. The highest BCUT2D eigenvalue weighted by Gasteiger charge is 2.31. The number of hydrazine groups is 1. The first-order chi connectivity index (χ1) is 9.65. The molecule has 0 bridgehead atoms. The molecule has 3 N–H and O–H groups in total. The lowest BCUT2D eigenvalue weighted by Crippen LogP contribution is -2.42. The van der Waals surface area contributed by atoms with Gasteiger partial charge >= 0.3 is 6.36 Å². The highest BCUT2D eigenvalue weighted by atomic mass is 19.4. The largest absolute Gasteiger partial charge is 0.573 e. The fourth-order valence-corrected chi connectivity index (χ4v) is 1.98. The second kappa shape index (κ2) is 7.11. The van der Waals surface area contributed by atoms with Crippen LogP contribution in [-0.4, -0.2) is 25.1 Å². The number of hydrogen-bond acceptors (Lipinski definition) is 4. The molecule has 0 amide bonds. The third-order valence-corrected chi connectivity index (χ3v) is 3.17. The first-order valence-electron chi connectivity index (χ1n) is 6.51. The molecule has 1 aromatic rings. The van der Waals surface area contributed by atoms with Crippen molar-refractivity contribution in [2.75, 3.05) is 7.11 Å². The molecule has 0 aliphatic rings. The average molecular weight is 306 g/mol. The number of alkyl halides is 3. The average Bonchev–Trinajstić information content (AvgIpc) is 2.38. The molecule has 7 heteroatoms. The van der Waals surface area contributed by atoms with Crippen molar-refractivity contribution in [1.29, 1.82) is 0 Å². The number of hydrogen-bond donors (Lipinski definition) is 2. The monoisotopic (exact) mass is 306 g/mol. The topological polar surface area (TPSA) is 56.5 Å². The summed E-state index contributed by atoms with van der Waals surface area (Å²) < 4.78 is 45.4. The van der Waals surface area contributed by atoms with Crippen molar-refractivity contribution in [1.82, 2.24) is 5.43 Å². The van der Waals surface area contributed by atoms with Gasteiger partial charge in [0.25, 0.3) is 0 Å². The van der Waals surface area contributed by atoms with E-state index >= 15 is 0 Å².